The van der Waals surface area contributed by atoms with Crippen LogP contribution in [0.4, 0.5) is 18.9 Å². The number of anilines is 1. The Morgan fingerprint density at radius 1 is 1.06 bits per heavy atom. The van der Waals surface area contributed by atoms with Gasteiger partial charge < -0.3 is 10.1 Å². The monoisotopic (exact) mass is 439 g/mol. The van der Waals surface area contributed by atoms with E-state index < -0.39 is 23.2 Å². The van der Waals surface area contributed by atoms with Crippen LogP contribution in [-0.2, 0) is 6.18 Å². The minimum absolute atomic E-state index is 0.147. The number of hydrogen-bond acceptors (Lipinski definition) is 4. The van der Waals surface area contributed by atoms with Crippen molar-refractivity contribution in [2.75, 3.05) is 5.32 Å². The number of benzene rings is 2. The number of aromatic nitrogens is 2. The maximum atomic E-state index is 13.1. The van der Waals surface area contributed by atoms with Crippen LogP contribution in [-0.4, -0.2) is 15.3 Å². The molecule has 0 radical (unpaired) electrons. The lowest BCUT2D eigenvalue weighted by atomic mass is 10.2. The fraction of sp³-hybridized carbons (Fsp3) is 0.0870. The van der Waals surface area contributed by atoms with Crippen LogP contribution in [0, 0.1) is 6.92 Å². The zero-order valence-corrected chi connectivity index (χ0v) is 16.7. The van der Waals surface area contributed by atoms with E-state index in [0.717, 1.165) is 11.6 Å². The summed E-state index contributed by atoms with van der Waals surface area (Å²) in [5.74, 6) is -0.835. The Morgan fingerprint density at radius 3 is 2.50 bits per heavy atom. The quantitative estimate of drug-likeness (QED) is 0.482. The third-order valence-corrected chi connectivity index (χ3v) is 4.64. The molecule has 32 heavy (non-hydrogen) atoms. The summed E-state index contributed by atoms with van der Waals surface area (Å²) >= 11 is 0. The van der Waals surface area contributed by atoms with E-state index in [1.165, 1.54) is 53.1 Å². The molecule has 0 saturated carbocycles. The minimum atomic E-state index is -4.55. The summed E-state index contributed by atoms with van der Waals surface area (Å²) in [4.78, 5) is 29.3. The highest BCUT2D eigenvalue weighted by molar-refractivity contribution is 6.03. The third kappa shape index (κ3) is 4.31. The Labute approximate surface area is 179 Å². The van der Waals surface area contributed by atoms with Crippen LogP contribution < -0.4 is 15.6 Å². The van der Waals surface area contributed by atoms with Crippen LogP contribution in [0.1, 0.15) is 21.5 Å². The number of nitrogens with zero attached hydrogens (tertiary/aromatic N) is 2. The predicted molar refractivity (Wildman–Crippen MR) is 112 cm³/mol. The van der Waals surface area contributed by atoms with Gasteiger partial charge in [0.05, 0.1) is 5.56 Å². The largest absolute Gasteiger partial charge is 0.457 e. The first kappa shape index (κ1) is 21.1. The summed E-state index contributed by atoms with van der Waals surface area (Å²) in [6.07, 6.45) is -1.80. The molecule has 4 rings (SSSR count). The summed E-state index contributed by atoms with van der Waals surface area (Å²) in [6, 6.07) is 14.1. The highest BCUT2D eigenvalue weighted by Crippen LogP contribution is 2.38. The van der Waals surface area contributed by atoms with E-state index >= 15 is 0 Å². The molecule has 9 heteroatoms. The van der Waals surface area contributed by atoms with Gasteiger partial charge in [0.2, 0.25) is 0 Å². The Morgan fingerprint density at radius 2 is 1.78 bits per heavy atom. The Bertz CT molecular complexity index is 1360. The lowest BCUT2D eigenvalue weighted by molar-refractivity contribution is -0.138. The van der Waals surface area contributed by atoms with E-state index in [9.17, 15) is 22.8 Å². The fourth-order valence-electron chi connectivity index (χ4n) is 3.05. The molecule has 2 aromatic carbocycles. The molecule has 6 nitrogen and oxygen atoms in total. The average Bonchev–Trinajstić information content (AvgIpc) is 2.75. The molecule has 0 atom stereocenters. The van der Waals surface area contributed by atoms with Crippen LogP contribution in [0.3, 0.4) is 0 Å². The number of rotatable bonds is 4. The lowest BCUT2D eigenvalue weighted by Gasteiger charge is -2.13. The standard InChI is InChI=1S/C23H16F3N3O3/c1-14-10-11-29-20(12-14)27-13-17(22(29)31)21(30)28-15-6-8-16(9-7-15)32-19-5-3-2-4-18(19)23(24,25)26/h2-13H,1H3,(H,28,30). The first-order chi connectivity index (χ1) is 15.2. The second-order valence-corrected chi connectivity index (χ2v) is 6.98. The van der Waals surface area contributed by atoms with Gasteiger partial charge in [0.15, 0.2) is 0 Å². The molecule has 4 aromatic rings. The number of alkyl halides is 3. The second-order valence-electron chi connectivity index (χ2n) is 6.98. The molecular weight excluding hydrogens is 423 g/mol. The number of fused-ring (bicyclic) bond motifs is 1. The highest BCUT2D eigenvalue weighted by atomic mass is 19.4. The topological polar surface area (TPSA) is 72.7 Å². The summed E-state index contributed by atoms with van der Waals surface area (Å²) in [5.41, 5.74) is 0.125. The van der Waals surface area contributed by atoms with E-state index in [4.69, 9.17) is 4.74 Å². The molecule has 2 aromatic heterocycles. The van der Waals surface area contributed by atoms with Crippen molar-refractivity contribution in [2.24, 2.45) is 0 Å². The third-order valence-electron chi connectivity index (χ3n) is 4.64. The SMILES string of the molecule is Cc1ccn2c(=O)c(C(=O)Nc3ccc(Oc4ccccc4C(F)(F)F)cc3)cnc2c1. The number of para-hydroxylation sites is 1. The molecule has 0 bridgehead atoms. The van der Waals surface area contributed by atoms with Crippen molar-refractivity contribution < 1.29 is 22.7 Å². The fourth-order valence-corrected chi connectivity index (χ4v) is 3.05. The molecule has 1 amide bonds. The van der Waals surface area contributed by atoms with Crippen molar-refractivity contribution in [1.29, 1.82) is 0 Å². The lowest BCUT2D eigenvalue weighted by Crippen LogP contribution is -2.26. The van der Waals surface area contributed by atoms with Crippen molar-refractivity contribution in [2.45, 2.75) is 13.1 Å². The predicted octanol–water partition coefficient (Wildman–Crippen LogP) is 5.07. The molecule has 0 aliphatic heterocycles. The number of halogens is 3. The van der Waals surface area contributed by atoms with E-state index in [1.807, 2.05) is 6.92 Å². The van der Waals surface area contributed by atoms with Crippen LogP contribution in [0.5, 0.6) is 11.5 Å². The maximum Gasteiger partial charge on any atom is 0.419 e. The van der Waals surface area contributed by atoms with Gasteiger partial charge in [-0.2, -0.15) is 13.2 Å². The van der Waals surface area contributed by atoms with Crippen molar-refractivity contribution in [3.63, 3.8) is 0 Å². The van der Waals surface area contributed by atoms with E-state index in [1.54, 1.807) is 18.3 Å². The number of aryl methyl sites for hydroxylation is 1. The Kier molecular flexibility index (Phi) is 5.40. The molecule has 0 aliphatic carbocycles. The summed E-state index contributed by atoms with van der Waals surface area (Å²) in [6.45, 7) is 1.86. The van der Waals surface area contributed by atoms with Crippen molar-refractivity contribution in [3.8, 4) is 11.5 Å². The van der Waals surface area contributed by atoms with Gasteiger partial charge in [-0.05, 0) is 61.0 Å². The number of carbonyl (C=O) groups is 1. The summed E-state index contributed by atoms with van der Waals surface area (Å²) < 4.78 is 46.0. The van der Waals surface area contributed by atoms with Gasteiger partial charge in [-0.3, -0.25) is 14.0 Å². The molecule has 0 fully saturated rings. The van der Waals surface area contributed by atoms with Crippen molar-refractivity contribution >= 4 is 17.2 Å². The molecule has 0 aliphatic rings. The maximum absolute atomic E-state index is 13.1. The number of ether oxygens (including phenoxy) is 1. The Hall–Kier alpha value is -4.14. The van der Waals surface area contributed by atoms with Crippen LogP contribution in [0.25, 0.3) is 5.65 Å². The number of nitrogens with one attached hydrogen (secondary N) is 1. The smallest absolute Gasteiger partial charge is 0.419 e. The molecular formula is C23H16F3N3O3. The normalized spacial score (nSPS) is 11.4. The molecule has 0 spiro atoms. The van der Waals surface area contributed by atoms with Crippen molar-refractivity contribution in [3.05, 3.63) is 100 Å². The van der Waals surface area contributed by atoms with Crippen molar-refractivity contribution in [1.82, 2.24) is 9.38 Å². The van der Waals surface area contributed by atoms with E-state index in [0.29, 0.717) is 11.3 Å². The van der Waals surface area contributed by atoms with Crippen LogP contribution >= 0.6 is 0 Å². The molecule has 1 N–H and O–H groups in total. The number of carbonyl (C=O) groups excluding carboxylic acids is 1. The zero-order chi connectivity index (χ0) is 22.9. The van der Waals surface area contributed by atoms with Crippen LogP contribution in [0.2, 0.25) is 0 Å². The van der Waals surface area contributed by atoms with E-state index in [-0.39, 0.29) is 17.1 Å². The summed E-state index contributed by atoms with van der Waals surface area (Å²) in [7, 11) is 0. The van der Waals surface area contributed by atoms with Gasteiger partial charge in [-0.25, -0.2) is 4.98 Å². The first-order valence-corrected chi connectivity index (χ1v) is 9.46. The Balaban J connectivity index is 1.52. The zero-order valence-electron chi connectivity index (χ0n) is 16.7. The number of pyridine rings is 1. The average molecular weight is 439 g/mol. The second kappa shape index (κ2) is 8.18. The van der Waals surface area contributed by atoms with Gasteiger partial charge in [0.1, 0.15) is 22.7 Å². The minimum Gasteiger partial charge on any atom is -0.457 e. The molecule has 0 unspecified atom stereocenters. The van der Waals surface area contributed by atoms with Gasteiger partial charge in [-0.1, -0.05) is 12.1 Å². The van der Waals surface area contributed by atoms with E-state index in [2.05, 4.69) is 10.3 Å². The molecule has 0 saturated heterocycles. The van der Waals surface area contributed by atoms with Crippen LogP contribution in [0.15, 0.2) is 77.9 Å². The van der Waals surface area contributed by atoms with Gasteiger partial charge >= 0.3 is 6.18 Å². The number of hydrogen-bond donors (Lipinski definition) is 1. The van der Waals surface area contributed by atoms with Gasteiger partial charge in [0, 0.05) is 18.1 Å². The first-order valence-electron chi connectivity index (χ1n) is 9.46. The number of amides is 1. The molecule has 162 valence electrons. The van der Waals surface area contributed by atoms with Gasteiger partial charge in [-0.15, -0.1) is 0 Å². The highest BCUT2D eigenvalue weighted by Gasteiger charge is 2.34. The van der Waals surface area contributed by atoms with Gasteiger partial charge in [0.25, 0.3) is 11.5 Å². The summed E-state index contributed by atoms with van der Waals surface area (Å²) in [5, 5.41) is 2.57. The molecule has 2 heterocycles.